The summed E-state index contributed by atoms with van der Waals surface area (Å²) in [7, 11) is 0. The first-order valence-corrected chi connectivity index (χ1v) is 8.54. The second-order valence-corrected chi connectivity index (χ2v) is 11.2. The van der Waals surface area contributed by atoms with E-state index in [0.29, 0.717) is 5.54 Å². The lowest BCUT2D eigenvalue weighted by atomic mass is 10.2. The van der Waals surface area contributed by atoms with Gasteiger partial charge < -0.3 is 0 Å². The van der Waals surface area contributed by atoms with Crippen LogP contribution in [0.1, 0.15) is 18.0 Å². The van der Waals surface area contributed by atoms with Crippen molar-refractivity contribution in [1.29, 1.82) is 0 Å². The Hall–Kier alpha value is 0.0169. The zero-order valence-electron chi connectivity index (χ0n) is 7.22. The zero-order valence-corrected chi connectivity index (χ0v) is 9.73. The van der Waals surface area contributed by atoms with E-state index < -0.39 is 6.69 Å². The van der Waals surface area contributed by atoms with Crippen LogP contribution in [0.2, 0.25) is 6.55 Å². The van der Waals surface area contributed by atoms with Crippen LogP contribution in [-0.2, 0) is 0 Å². The molecule has 0 aromatic heterocycles. The van der Waals surface area contributed by atoms with Gasteiger partial charge in [0.2, 0.25) is 0 Å². The van der Waals surface area contributed by atoms with E-state index in [2.05, 4.69) is 19.1 Å². The van der Waals surface area contributed by atoms with Crippen molar-refractivity contribution in [1.82, 2.24) is 0 Å². The van der Waals surface area contributed by atoms with Crippen LogP contribution < -0.4 is 0 Å². The van der Waals surface area contributed by atoms with Crippen molar-refractivity contribution < 1.29 is 0 Å². The molecule has 0 unspecified atom stereocenters. The van der Waals surface area contributed by atoms with Crippen LogP contribution in [0.4, 0.5) is 0 Å². The van der Waals surface area contributed by atoms with Gasteiger partial charge in [-0.3, -0.25) is 0 Å². The van der Waals surface area contributed by atoms with Crippen molar-refractivity contribution in [2.45, 2.75) is 19.0 Å². The van der Waals surface area contributed by atoms with E-state index in [0.717, 1.165) is 0 Å². The van der Waals surface area contributed by atoms with Gasteiger partial charge in [0.25, 0.3) is 6.69 Å². The molecule has 0 saturated heterocycles. The van der Waals surface area contributed by atoms with Crippen LogP contribution in [0.15, 0.2) is 30.3 Å². The SMILES string of the molecule is C[C@@H](c1ccccc1)[Si](C)(Cl)Cl. The van der Waals surface area contributed by atoms with E-state index >= 15 is 0 Å². The Balaban J connectivity index is 2.86. The molecule has 12 heavy (non-hydrogen) atoms. The molecule has 0 aliphatic rings. The molecule has 3 heteroatoms. The van der Waals surface area contributed by atoms with Crippen molar-refractivity contribution in [2.75, 3.05) is 0 Å². The minimum absolute atomic E-state index is 0.294. The molecule has 0 aliphatic heterocycles. The monoisotopic (exact) mass is 218 g/mol. The molecular formula is C9H12Cl2Si. The number of hydrogen-bond donors (Lipinski definition) is 0. The van der Waals surface area contributed by atoms with Crippen LogP contribution in [-0.4, -0.2) is 6.69 Å². The lowest BCUT2D eigenvalue weighted by molar-refractivity contribution is 1.05. The summed E-state index contributed by atoms with van der Waals surface area (Å²) in [5.41, 5.74) is 1.53. The first kappa shape index (κ1) is 10.1. The molecule has 0 radical (unpaired) electrons. The minimum atomic E-state index is -2.06. The number of rotatable bonds is 2. The van der Waals surface area contributed by atoms with Gasteiger partial charge in [-0.05, 0) is 12.1 Å². The van der Waals surface area contributed by atoms with E-state index in [9.17, 15) is 0 Å². The van der Waals surface area contributed by atoms with Gasteiger partial charge in [0, 0.05) is 5.54 Å². The van der Waals surface area contributed by atoms with Crippen LogP contribution in [0, 0.1) is 0 Å². The molecule has 0 saturated carbocycles. The van der Waals surface area contributed by atoms with Gasteiger partial charge in [-0.15, -0.1) is 22.2 Å². The number of halogens is 2. The highest BCUT2D eigenvalue weighted by Crippen LogP contribution is 2.32. The van der Waals surface area contributed by atoms with Crippen LogP contribution in [0.5, 0.6) is 0 Å². The van der Waals surface area contributed by atoms with Crippen molar-refractivity contribution in [3.05, 3.63) is 35.9 Å². The topological polar surface area (TPSA) is 0 Å². The van der Waals surface area contributed by atoms with Crippen molar-refractivity contribution in [2.24, 2.45) is 0 Å². The molecule has 1 aromatic carbocycles. The number of hydrogen-bond acceptors (Lipinski definition) is 0. The summed E-state index contributed by atoms with van der Waals surface area (Å²) in [6, 6.07) is 10.2. The highest BCUT2D eigenvalue weighted by Gasteiger charge is 2.30. The molecule has 0 N–H and O–H groups in total. The van der Waals surface area contributed by atoms with E-state index in [1.54, 1.807) is 0 Å². The predicted octanol–water partition coefficient (Wildman–Crippen LogP) is 3.88. The Morgan fingerprint density at radius 2 is 1.67 bits per heavy atom. The Morgan fingerprint density at radius 1 is 1.17 bits per heavy atom. The summed E-state index contributed by atoms with van der Waals surface area (Å²) < 4.78 is 0. The molecule has 0 amide bonds. The van der Waals surface area contributed by atoms with E-state index in [1.807, 2.05) is 24.7 Å². The first-order valence-electron chi connectivity index (χ1n) is 3.94. The van der Waals surface area contributed by atoms with E-state index in [-0.39, 0.29) is 0 Å². The van der Waals surface area contributed by atoms with Crippen molar-refractivity contribution in [3.63, 3.8) is 0 Å². The smallest absolute Gasteiger partial charge is 0.145 e. The quantitative estimate of drug-likeness (QED) is 0.523. The van der Waals surface area contributed by atoms with Gasteiger partial charge in [0.1, 0.15) is 0 Å². The maximum atomic E-state index is 6.12. The van der Waals surface area contributed by atoms with Crippen LogP contribution in [0.3, 0.4) is 0 Å². The zero-order chi connectivity index (χ0) is 9.19. The molecule has 0 aliphatic carbocycles. The molecule has 66 valence electrons. The molecule has 1 aromatic rings. The highest BCUT2D eigenvalue weighted by molar-refractivity contribution is 7.45. The van der Waals surface area contributed by atoms with Crippen molar-refractivity contribution in [3.8, 4) is 0 Å². The maximum absolute atomic E-state index is 6.12. The normalized spacial score (nSPS) is 14.3. The Kier molecular flexibility index (Phi) is 3.21. The molecule has 0 spiro atoms. The summed E-state index contributed by atoms with van der Waals surface area (Å²) >= 11 is 12.2. The van der Waals surface area contributed by atoms with Gasteiger partial charge >= 0.3 is 0 Å². The first-order chi connectivity index (χ1) is 5.52. The molecule has 1 atom stereocenters. The van der Waals surface area contributed by atoms with Crippen LogP contribution in [0.25, 0.3) is 0 Å². The third-order valence-electron chi connectivity index (χ3n) is 2.06. The van der Waals surface area contributed by atoms with Gasteiger partial charge in [0.15, 0.2) is 0 Å². The fraction of sp³-hybridized carbons (Fsp3) is 0.333. The van der Waals surface area contributed by atoms with Crippen molar-refractivity contribution >= 4 is 28.9 Å². The summed E-state index contributed by atoms with van der Waals surface area (Å²) in [5.74, 6) is 0. The second-order valence-electron chi connectivity index (χ2n) is 3.09. The third-order valence-corrected chi connectivity index (χ3v) is 5.88. The lowest BCUT2D eigenvalue weighted by Gasteiger charge is -2.19. The molecule has 0 nitrogen and oxygen atoms in total. The third kappa shape index (κ3) is 2.51. The fourth-order valence-electron chi connectivity index (χ4n) is 1.03. The minimum Gasteiger partial charge on any atom is -0.145 e. The Bertz CT molecular complexity index is 240. The summed E-state index contributed by atoms with van der Waals surface area (Å²) in [5, 5.41) is 0. The standard InChI is InChI=1S/C9H12Cl2Si/c1-8(12(2,10)11)9-6-4-3-5-7-9/h3-8H,1-2H3/t8-/m0/s1. The van der Waals surface area contributed by atoms with Gasteiger partial charge in [-0.2, -0.15) is 0 Å². The van der Waals surface area contributed by atoms with E-state index in [4.69, 9.17) is 22.2 Å². The molecule has 0 heterocycles. The summed E-state index contributed by atoms with van der Waals surface area (Å²) in [4.78, 5) is 0. The summed E-state index contributed by atoms with van der Waals surface area (Å²) in [6.45, 7) is 1.98. The number of benzene rings is 1. The van der Waals surface area contributed by atoms with Gasteiger partial charge in [-0.25, -0.2) is 0 Å². The predicted molar refractivity (Wildman–Crippen MR) is 58.2 cm³/mol. The average molecular weight is 219 g/mol. The molecule has 0 bridgehead atoms. The van der Waals surface area contributed by atoms with Gasteiger partial charge in [-0.1, -0.05) is 37.3 Å². The lowest BCUT2D eigenvalue weighted by Crippen LogP contribution is -2.22. The highest BCUT2D eigenvalue weighted by atomic mass is 35.7. The Labute approximate surface area is 83.9 Å². The fourth-order valence-corrected chi connectivity index (χ4v) is 2.57. The largest absolute Gasteiger partial charge is 0.255 e. The molecular weight excluding hydrogens is 207 g/mol. The summed E-state index contributed by atoms with van der Waals surface area (Å²) in [6.07, 6.45) is 0. The maximum Gasteiger partial charge on any atom is 0.255 e. The van der Waals surface area contributed by atoms with Crippen LogP contribution >= 0.6 is 22.2 Å². The second kappa shape index (κ2) is 3.82. The average Bonchev–Trinajstić information content (AvgIpc) is 2.03. The van der Waals surface area contributed by atoms with E-state index in [1.165, 1.54) is 5.56 Å². The molecule has 0 fully saturated rings. The van der Waals surface area contributed by atoms with Gasteiger partial charge in [0.05, 0.1) is 0 Å². The Morgan fingerprint density at radius 3 is 2.08 bits per heavy atom. The molecule has 1 rings (SSSR count).